The molecule has 1 N–H and O–H groups in total. The van der Waals surface area contributed by atoms with E-state index in [0.717, 1.165) is 31.4 Å². The predicted molar refractivity (Wildman–Crippen MR) is 105 cm³/mol. The van der Waals surface area contributed by atoms with Gasteiger partial charge in [-0.2, -0.15) is 0 Å². The van der Waals surface area contributed by atoms with Gasteiger partial charge in [-0.1, -0.05) is 18.2 Å². The average molecular weight is 378 g/mol. The number of nitrogens with one attached hydrogen (secondary N) is 1. The Labute approximate surface area is 161 Å². The van der Waals surface area contributed by atoms with Crippen molar-refractivity contribution in [2.45, 2.75) is 63.1 Å². The smallest absolute Gasteiger partial charge is 0.242 e. The molecule has 2 amide bonds. The number of rotatable bonds is 3. The van der Waals surface area contributed by atoms with Crippen molar-refractivity contribution < 1.29 is 9.59 Å². The van der Waals surface area contributed by atoms with E-state index in [4.69, 9.17) is 0 Å². The van der Waals surface area contributed by atoms with Crippen molar-refractivity contribution in [2.24, 2.45) is 0 Å². The Morgan fingerprint density at radius 2 is 1.88 bits per heavy atom. The number of benzene rings is 1. The molecule has 0 aromatic heterocycles. The lowest BCUT2D eigenvalue weighted by molar-refractivity contribution is -0.132. The molecule has 0 spiro atoms. The van der Waals surface area contributed by atoms with E-state index in [2.05, 4.69) is 11.4 Å². The third kappa shape index (κ3) is 3.74. The second kappa shape index (κ2) is 7.97. The minimum absolute atomic E-state index is 0. The number of piperidine rings is 1. The molecular weight excluding hydrogens is 350 g/mol. The van der Waals surface area contributed by atoms with Crippen LogP contribution in [0.1, 0.15) is 44.1 Å². The molecule has 0 saturated carbocycles. The second-order valence-corrected chi connectivity index (χ2v) is 7.73. The van der Waals surface area contributed by atoms with Crippen molar-refractivity contribution >= 4 is 29.9 Å². The van der Waals surface area contributed by atoms with Crippen LogP contribution in [0.4, 0.5) is 5.69 Å². The summed E-state index contributed by atoms with van der Waals surface area (Å²) in [5.41, 5.74) is 2.08. The Balaban J connectivity index is 0.00000196. The molecule has 26 heavy (non-hydrogen) atoms. The van der Waals surface area contributed by atoms with Gasteiger partial charge in [0, 0.05) is 37.3 Å². The molecule has 142 valence electrons. The van der Waals surface area contributed by atoms with Crippen LogP contribution >= 0.6 is 12.4 Å². The number of anilines is 1. The fourth-order valence-corrected chi connectivity index (χ4v) is 4.65. The summed E-state index contributed by atoms with van der Waals surface area (Å²) in [5.74, 6) is 0.119. The summed E-state index contributed by atoms with van der Waals surface area (Å²) in [6.07, 6.45) is 6.78. The van der Waals surface area contributed by atoms with Crippen LogP contribution in [-0.2, 0) is 16.0 Å². The quantitative estimate of drug-likeness (QED) is 0.880. The van der Waals surface area contributed by atoms with Gasteiger partial charge >= 0.3 is 0 Å². The van der Waals surface area contributed by atoms with Crippen molar-refractivity contribution in [1.82, 2.24) is 10.2 Å². The number of aryl methyl sites for hydroxylation is 1. The van der Waals surface area contributed by atoms with Gasteiger partial charge in [0.2, 0.25) is 11.8 Å². The highest BCUT2D eigenvalue weighted by molar-refractivity contribution is 5.99. The molecule has 3 aliphatic rings. The van der Waals surface area contributed by atoms with Crippen molar-refractivity contribution in [3.63, 3.8) is 0 Å². The molecule has 1 aromatic carbocycles. The minimum Gasteiger partial charge on any atom is -0.341 e. The van der Waals surface area contributed by atoms with Gasteiger partial charge in [-0.05, 0) is 50.2 Å². The third-order valence-corrected chi connectivity index (χ3v) is 6.10. The van der Waals surface area contributed by atoms with E-state index < -0.39 is 0 Å². The molecule has 0 aliphatic carbocycles. The van der Waals surface area contributed by atoms with Crippen molar-refractivity contribution in [3.8, 4) is 0 Å². The summed E-state index contributed by atoms with van der Waals surface area (Å²) < 4.78 is 0. The van der Waals surface area contributed by atoms with E-state index in [0.29, 0.717) is 24.5 Å². The summed E-state index contributed by atoms with van der Waals surface area (Å²) in [6, 6.07) is 9.40. The monoisotopic (exact) mass is 377 g/mol. The van der Waals surface area contributed by atoms with Crippen LogP contribution in [-0.4, -0.2) is 48.4 Å². The van der Waals surface area contributed by atoms with Gasteiger partial charge in [0.05, 0.1) is 0 Å². The van der Waals surface area contributed by atoms with Crippen molar-refractivity contribution in [1.29, 1.82) is 0 Å². The summed E-state index contributed by atoms with van der Waals surface area (Å²) in [7, 11) is 1.91. The largest absolute Gasteiger partial charge is 0.341 e. The lowest BCUT2D eigenvalue weighted by atomic mass is 9.98. The fraction of sp³-hybridized carbons (Fsp3) is 0.600. The van der Waals surface area contributed by atoms with E-state index >= 15 is 0 Å². The first-order valence-corrected chi connectivity index (χ1v) is 9.52. The number of likely N-dealkylation sites (N-methyl/N-ethyl adjacent to an activating group) is 1. The van der Waals surface area contributed by atoms with E-state index in [1.807, 2.05) is 30.1 Å². The zero-order chi connectivity index (χ0) is 17.4. The van der Waals surface area contributed by atoms with Gasteiger partial charge in [0.15, 0.2) is 0 Å². The number of amides is 2. The lowest BCUT2D eigenvalue weighted by Gasteiger charge is -2.36. The van der Waals surface area contributed by atoms with E-state index in [9.17, 15) is 9.59 Å². The molecule has 6 heteroatoms. The molecule has 3 aliphatic heterocycles. The number of nitrogens with zero attached hydrogens (tertiary/aromatic N) is 2. The van der Waals surface area contributed by atoms with Crippen LogP contribution in [0.2, 0.25) is 0 Å². The van der Waals surface area contributed by atoms with E-state index in [-0.39, 0.29) is 30.8 Å². The maximum atomic E-state index is 12.9. The van der Waals surface area contributed by atoms with Crippen molar-refractivity contribution in [2.75, 3.05) is 18.5 Å². The summed E-state index contributed by atoms with van der Waals surface area (Å²) in [6.45, 7) is 0.158. The topological polar surface area (TPSA) is 52.7 Å². The molecule has 1 aromatic rings. The molecule has 2 unspecified atom stereocenters. The van der Waals surface area contributed by atoms with Crippen LogP contribution in [0.25, 0.3) is 0 Å². The molecule has 2 atom stereocenters. The van der Waals surface area contributed by atoms with Gasteiger partial charge in [0.1, 0.15) is 6.54 Å². The van der Waals surface area contributed by atoms with E-state index in [1.54, 1.807) is 4.90 Å². The minimum atomic E-state index is 0. The third-order valence-electron chi connectivity index (χ3n) is 6.10. The average Bonchev–Trinajstić information content (AvgIpc) is 2.88. The molecule has 2 bridgehead atoms. The Hall–Kier alpha value is -1.59. The van der Waals surface area contributed by atoms with Crippen LogP contribution in [0, 0.1) is 0 Å². The summed E-state index contributed by atoms with van der Waals surface area (Å²) in [4.78, 5) is 29.1. The standard InChI is InChI=1S/C20H27N3O2.ClH/c1-22(17-11-15-9-10-16(12-17)21-15)20(25)13-23-18-7-3-2-5-14(18)6-4-8-19(23)24;/h2-3,5,7,15-17,21H,4,6,8-13H2,1H3;1H. The highest BCUT2D eigenvalue weighted by Gasteiger charge is 2.37. The van der Waals surface area contributed by atoms with Gasteiger partial charge in [-0.25, -0.2) is 0 Å². The summed E-state index contributed by atoms with van der Waals surface area (Å²) in [5, 5.41) is 3.62. The lowest BCUT2D eigenvalue weighted by Crippen LogP contribution is -2.51. The Bertz CT molecular complexity index is 669. The predicted octanol–water partition coefficient (Wildman–Crippen LogP) is 2.52. The maximum absolute atomic E-state index is 12.9. The Kier molecular flexibility index (Phi) is 5.88. The van der Waals surface area contributed by atoms with Gasteiger partial charge in [-0.3, -0.25) is 9.59 Å². The number of carbonyl (C=O) groups is 2. The fourth-order valence-electron chi connectivity index (χ4n) is 4.65. The first kappa shape index (κ1) is 19.2. The zero-order valence-corrected chi connectivity index (χ0v) is 16.1. The highest BCUT2D eigenvalue weighted by Crippen LogP contribution is 2.30. The van der Waals surface area contributed by atoms with E-state index in [1.165, 1.54) is 18.4 Å². The number of halogens is 1. The maximum Gasteiger partial charge on any atom is 0.242 e. The first-order valence-electron chi connectivity index (χ1n) is 9.52. The zero-order valence-electron chi connectivity index (χ0n) is 15.3. The Morgan fingerprint density at radius 3 is 2.62 bits per heavy atom. The number of para-hydroxylation sites is 1. The molecule has 4 rings (SSSR count). The van der Waals surface area contributed by atoms with Crippen LogP contribution in [0.15, 0.2) is 24.3 Å². The molecular formula is C20H28ClN3O2. The highest BCUT2D eigenvalue weighted by atomic mass is 35.5. The normalized spacial score (nSPS) is 27.3. The molecule has 2 fully saturated rings. The first-order chi connectivity index (χ1) is 12.1. The van der Waals surface area contributed by atoms with Crippen molar-refractivity contribution in [3.05, 3.63) is 29.8 Å². The number of hydrogen-bond donors (Lipinski definition) is 1. The van der Waals surface area contributed by atoms with Gasteiger partial charge in [0.25, 0.3) is 0 Å². The number of carbonyl (C=O) groups excluding carboxylic acids is 2. The second-order valence-electron chi connectivity index (χ2n) is 7.73. The van der Waals surface area contributed by atoms with Crippen LogP contribution < -0.4 is 10.2 Å². The molecule has 2 saturated heterocycles. The SMILES string of the molecule is CN(C(=O)CN1C(=O)CCCc2ccccc21)C1CC2CCC(C1)N2.Cl. The molecule has 5 nitrogen and oxygen atoms in total. The summed E-state index contributed by atoms with van der Waals surface area (Å²) >= 11 is 0. The van der Waals surface area contributed by atoms with Gasteiger partial charge < -0.3 is 15.1 Å². The van der Waals surface area contributed by atoms with Crippen LogP contribution in [0.5, 0.6) is 0 Å². The van der Waals surface area contributed by atoms with Crippen LogP contribution in [0.3, 0.4) is 0 Å². The van der Waals surface area contributed by atoms with Gasteiger partial charge in [-0.15, -0.1) is 12.4 Å². The number of fused-ring (bicyclic) bond motifs is 3. The molecule has 3 heterocycles. The number of hydrogen-bond acceptors (Lipinski definition) is 3. The molecule has 0 radical (unpaired) electrons. The Morgan fingerprint density at radius 1 is 1.19 bits per heavy atom.